The topological polar surface area (TPSA) is 39.4 Å². The lowest BCUT2D eigenvalue weighted by Gasteiger charge is -2.06. The van der Waals surface area contributed by atoms with Gasteiger partial charge in [0.25, 0.3) is 0 Å². The van der Waals surface area contributed by atoms with E-state index in [1.165, 1.54) is 6.26 Å². The lowest BCUT2D eigenvalue weighted by molar-refractivity contribution is 0.0377. The largest absolute Gasteiger partial charge is 0.464 e. The molecular formula is C16H15ClO3. The van der Waals surface area contributed by atoms with Crippen LogP contribution in [-0.2, 0) is 4.74 Å². The molecule has 1 aromatic heterocycles. The van der Waals surface area contributed by atoms with Gasteiger partial charge in [-0.25, -0.2) is 4.79 Å². The van der Waals surface area contributed by atoms with Crippen LogP contribution in [-0.4, -0.2) is 12.1 Å². The van der Waals surface area contributed by atoms with E-state index >= 15 is 0 Å². The van der Waals surface area contributed by atoms with E-state index in [0.717, 1.165) is 5.56 Å². The molecule has 0 saturated heterocycles. The number of carbonyl (C=O) groups excluding carboxylic acids is 1. The monoisotopic (exact) mass is 290 g/mol. The fourth-order valence-corrected chi connectivity index (χ4v) is 1.88. The lowest BCUT2D eigenvalue weighted by atomic mass is 10.2. The fraction of sp³-hybridized carbons (Fsp3) is 0.188. The summed E-state index contributed by atoms with van der Waals surface area (Å²) in [4.78, 5) is 11.9. The van der Waals surface area contributed by atoms with Gasteiger partial charge in [0.15, 0.2) is 0 Å². The highest BCUT2D eigenvalue weighted by molar-refractivity contribution is 6.30. The van der Waals surface area contributed by atoms with Crippen LogP contribution in [0.15, 0.2) is 41.0 Å². The van der Waals surface area contributed by atoms with Gasteiger partial charge in [0.1, 0.15) is 11.3 Å². The summed E-state index contributed by atoms with van der Waals surface area (Å²) in [5, 5.41) is 0.658. The first-order valence-corrected chi connectivity index (χ1v) is 6.66. The van der Waals surface area contributed by atoms with Crippen molar-refractivity contribution >= 4 is 29.7 Å². The van der Waals surface area contributed by atoms with Crippen molar-refractivity contribution in [2.45, 2.75) is 20.0 Å². The van der Waals surface area contributed by atoms with Gasteiger partial charge in [0.05, 0.1) is 12.4 Å². The Morgan fingerprint density at radius 3 is 2.80 bits per heavy atom. The maximum Gasteiger partial charge on any atom is 0.342 e. The van der Waals surface area contributed by atoms with Crippen LogP contribution in [0.1, 0.15) is 35.5 Å². The highest BCUT2D eigenvalue weighted by atomic mass is 35.5. The van der Waals surface area contributed by atoms with Crippen molar-refractivity contribution in [3.63, 3.8) is 0 Å². The first-order valence-electron chi connectivity index (χ1n) is 6.28. The van der Waals surface area contributed by atoms with E-state index in [1.807, 2.05) is 24.3 Å². The van der Waals surface area contributed by atoms with Crippen LogP contribution in [0.5, 0.6) is 0 Å². The Balaban J connectivity index is 2.18. The number of halogens is 1. The molecule has 0 amide bonds. The van der Waals surface area contributed by atoms with Crippen LogP contribution in [0.2, 0.25) is 5.02 Å². The maximum absolute atomic E-state index is 11.9. The van der Waals surface area contributed by atoms with Crippen molar-refractivity contribution in [3.8, 4) is 0 Å². The van der Waals surface area contributed by atoms with Gasteiger partial charge in [-0.05, 0) is 43.7 Å². The number of carbonyl (C=O) groups is 1. The van der Waals surface area contributed by atoms with Crippen LogP contribution < -0.4 is 0 Å². The van der Waals surface area contributed by atoms with Crippen molar-refractivity contribution in [3.05, 3.63) is 58.5 Å². The van der Waals surface area contributed by atoms with E-state index in [9.17, 15) is 4.79 Å². The summed E-state index contributed by atoms with van der Waals surface area (Å²) in [7, 11) is 0. The van der Waals surface area contributed by atoms with E-state index in [-0.39, 0.29) is 12.1 Å². The van der Waals surface area contributed by atoms with E-state index in [1.54, 1.807) is 32.1 Å². The first-order chi connectivity index (χ1) is 9.56. The molecule has 0 radical (unpaired) electrons. The highest BCUT2D eigenvalue weighted by Gasteiger charge is 2.15. The van der Waals surface area contributed by atoms with Crippen molar-refractivity contribution in [2.75, 3.05) is 0 Å². The summed E-state index contributed by atoms with van der Waals surface area (Å²) >= 11 is 5.91. The molecule has 0 bridgehead atoms. The van der Waals surface area contributed by atoms with Gasteiger partial charge in [-0.2, -0.15) is 0 Å². The third-order valence-electron chi connectivity index (χ3n) is 2.53. The molecule has 1 aromatic carbocycles. The second kappa shape index (κ2) is 6.44. The fourth-order valence-electron chi connectivity index (χ4n) is 1.68. The van der Waals surface area contributed by atoms with Gasteiger partial charge in [0, 0.05) is 5.02 Å². The van der Waals surface area contributed by atoms with Crippen molar-refractivity contribution < 1.29 is 13.9 Å². The van der Waals surface area contributed by atoms with Gasteiger partial charge in [-0.15, -0.1) is 0 Å². The molecule has 0 unspecified atom stereocenters. The minimum absolute atomic E-state index is 0.165. The molecule has 0 aliphatic carbocycles. The summed E-state index contributed by atoms with van der Waals surface area (Å²) in [5.41, 5.74) is 1.34. The SMILES string of the molecule is CC(C)OC(=O)c1ccoc1/C=C/c1cccc(Cl)c1. The van der Waals surface area contributed by atoms with Crippen LogP contribution in [0, 0.1) is 0 Å². The van der Waals surface area contributed by atoms with Gasteiger partial charge < -0.3 is 9.15 Å². The normalized spacial score (nSPS) is 11.2. The summed E-state index contributed by atoms with van der Waals surface area (Å²) < 4.78 is 10.5. The zero-order chi connectivity index (χ0) is 14.5. The third-order valence-corrected chi connectivity index (χ3v) is 2.77. The van der Waals surface area contributed by atoms with Crippen LogP contribution >= 0.6 is 11.6 Å². The number of hydrogen-bond acceptors (Lipinski definition) is 3. The molecule has 104 valence electrons. The Kier molecular flexibility index (Phi) is 4.64. The van der Waals surface area contributed by atoms with Gasteiger partial charge in [0.2, 0.25) is 0 Å². The Morgan fingerprint density at radius 1 is 1.30 bits per heavy atom. The number of benzene rings is 1. The number of hydrogen-bond donors (Lipinski definition) is 0. The predicted molar refractivity (Wildman–Crippen MR) is 79.6 cm³/mol. The number of ether oxygens (including phenoxy) is 1. The summed E-state index contributed by atoms with van der Waals surface area (Å²) in [6, 6.07) is 9.00. The Hall–Kier alpha value is -2.00. The van der Waals surface area contributed by atoms with Gasteiger partial charge >= 0.3 is 5.97 Å². The van der Waals surface area contributed by atoms with Crippen LogP contribution in [0.4, 0.5) is 0 Å². The Bertz CT molecular complexity index is 626. The summed E-state index contributed by atoms with van der Waals surface area (Å²) in [6.07, 6.45) is 4.86. The molecule has 0 aliphatic heterocycles. The van der Waals surface area contributed by atoms with Gasteiger partial charge in [-0.1, -0.05) is 29.8 Å². The molecule has 4 heteroatoms. The van der Waals surface area contributed by atoms with Crippen molar-refractivity contribution in [2.24, 2.45) is 0 Å². The van der Waals surface area contributed by atoms with E-state index in [4.69, 9.17) is 20.8 Å². The first kappa shape index (κ1) is 14.4. The summed E-state index contributed by atoms with van der Waals surface area (Å²) in [6.45, 7) is 3.61. The molecule has 20 heavy (non-hydrogen) atoms. The van der Waals surface area contributed by atoms with Crippen LogP contribution in [0.3, 0.4) is 0 Å². The number of furan rings is 1. The number of esters is 1. The number of rotatable bonds is 4. The second-order valence-electron chi connectivity index (χ2n) is 4.54. The molecule has 0 saturated carbocycles. The van der Waals surface area contributed by atoms with Crippen molar-refractivity contribution in [1.29, 1.82) is 0 Å². The van der Waals surface area contributed by atoms with E-state index in [2.05, 4.69) is 0 Å². The minimum Gasteiger partial charge on any atom is -0.464 e. The average Bonchev–Trinajstić information content (AvgIpc) is 2.84. The maximum atomic E-state index is 11.9. The lowest BCUT2D eigenvalue weighted by Crippen LogP contribution is -2.11. The summed E-state index contributed by atoms with van der Waals surface area (Å²) in [5.74, 6) is 0.0788. The minimum atomic E-state index is -0.389. The van der Waals surface area contributed by atoms with E-state index in [0.29, 0.717) is 16.3 Å². The highest BCUT2D eigenvalue weighted by Crippen LogP contribution is 2.18. The molecule has 2 rings (SSSR count). The standard InChI is InChI=1S/C16H15ClO3/c1-11(2)20-16(18)14-8-9-19-15(14)7-6-12-4-3-5-13(17)10-12/h3-11H,1-2H3/b7-6+. The molecule has 0 N–H and O–H groups in total. The third kappa shape index (κ3) is 3.75. The zero-order valence-electron chi connectivity index (χ0n) is 11.3. The molecule has 0 fully saturated rings. The Labute approximate surface area is 122 Å². The van der Waals surface area contributed by atoms with Crippen molar-refractivity contribution in [1.82, 2.24) is 0 Å². The Morgan fingerprint density at radius 2 is 2.10 bits per heavy atom. The molecule has 0 spiro atoms. The quantitative estimate of drug-likeness (QED) is 0.768. The second-order valence-corrected chi connectivity index (χ2v) is 4.98. The smallest absolute Gasteiger partial charge is 0.342 e. The predicted octanol–water partition coefficient (Wildman–Crippen LogP) is 4.67. The van der Waals surface area contributed by atoms with Gasteiger partial charge in [-0.3, -0.25) is 0 Å². The molecule has 0 atom stereocenters. The molecule has 3 nitrogen and oxygen atoms in total. The van der Waals surface area contributed by atoms with Crippen LogP contribution in [0.25, 0.3) is 12.2 Å². The molecular weight excluding hydrogens is 276 g/mol. The average molecular weight is 291 g/mol. The molecule has 1 heterocycles. The molecule has 0 aliphatic rings. The zero-order valence-corrected chi connectivity index (χ0v) is 12.1. The molecule has 2 aromatic rings. The van der Waals surface area contributed by atoms with E-state index < -0.39 is 0 Å².